The van der Waals surface area contributed by atoms with Gasteiger partial charge in [-0.3, -0.25) is 14.5 Å². The van der Waals surface area contributed by atoms with Crippen molar-refractivity contribution in [3.63, 3.8) is 0 Å². The second-order valence-electron chi connectivity index (χ2n) is 15.9. The Balaban J connectivity index is 1.29. The average molecular weight is 700 g/mol. The Hall–Kier alpha value is -2.65. The number of carbonyl (C=O) groups excluding carboxylic acids is 3. The Bertz CT molecular complexity index is 1530. The molecule has 6 aliphatic rings. The van der Waals surface area contributed by atoms with Crippen LogP contribution >= 0.6 is 0 Å². The Kier molecular flexibility index (Phi) is 8.93. The van der Waals surface area contributed by atoms with Gasteiger partial charge in [0.2, 0.25) is 11.8 Å². The van der Waals surface area contributed by atoms with Crippen LogP contribution in [0.3, 0.4) is 0 Å². The second-order valence-corrected chi connectivity index (χ2v) is 15.9. The summed E-state index contributed by atoms with van der Waals surface area (Å²) in [5.74, 6) is -3.02. The number of piperidine rings is 1. The number of rotatable bonds is 12. The molecule has 1 aliphatic heterocycles. The molecule has 0 aromatic heterocycles. The van der Waals surface area contributed by atoms with E-state index >= 15 is 0 Å². The number of aliphatic hydroxyl groups is 2. The number of para-hydroxylation sites is 1. The smallest absolute Gasteiger partial charge is 0.340 e. The molecule has 1 heterocycles. The minimum atomic E-state index is -1.70. The molecule has 7 bridgehead atoms. The van der Waals surface area contributed by atoms with Crippen molar-refractivity contribution in [2.24, 2.45) is 46.2 Å². The number of hydrogen-bond acceptors (Lipinski definition) is 11. The first kappa shape index (κ1) is 35.7. The third kappa shape index (κ3) is 4.46. The number of likely N-dealkylation sites (tertiary alicyclic amines) is 1. The monoisotopic (exact) mass is 699 g/mol. The summed E-state index contributed by atoms with van der Waals surface area (Å²) in [5, 5.41) is 29.3. The summed E-state index contributed by atoms with van der Waals surface area (Å²) in [4.78, 5) is 40.5. The van der Waals surface area contributed by atoms with Crippen molar-refractivity contribution in [1.82, 2.24) is 4.90 Å². The summed E-state index contributed by atoms with van der Waals surface area (Å²) in [6.07, 6.45) is 0.586. The lowest BCUT2D eigenvalue weighted by Crippen LogP contribution is -2.82. The number of nitrogens with two attached hydrogens (primary N) is 1. The third-order valence-corrected chi connectivity index (χ3v) is 14.2. The predicted octanol–water partition coefficient (Wildman–Crippen LogP) is 1.59. The highest BCUT2D eigenvalue weighted by Crippen LogP contribution is 2.80. The lowest BCUT2D eigenvalue weighted by atomic mass is 9.42. The summed E-state index contributed by atoms with van der Waals surface area (Å²) in [6.45, 7) is 4.84. The van der Waals surface area contributed by atoms with E-state index in [1.165, 1.54) is 0 Å². The number of anilines is 1. The zero-order valence-electron chi connectivity index (χ0n) is 29.9. The number of carbonyl (C=O) groups is 3. The first-order chi connectivity index (χ1) is 23.8. The number of esters is 1. The van der Waals surface area contributed by atoms with Gasteiger partial charge < -0.3 is 44.9 Å². The van der Waals surface area contributed by atoms with Gasteiger partial charge in [-0.05, 0) is 43.9 Å². The van der Waals surface area contributed by atoms with Crippen molar-refractivity contribution >= 4 is 23.5 Å². The van der Waals surface area contributed by atoms with Crippen LogP contribution < -0.4 is 11.1 Å². The molecule has 50 heavy (non-hydrogen) atoms. The highest BCUT2D eigenvalue weighted by molar-refractivity contribution is 6.02. The number of ether oxygens (including phenoxy) is 5. The summed E-state index contributed by atoms with van der Waals surface area (Å²) in [5.41, 5.74) is 1.21. The highest BCUT2D eigenvalue weighted by atomic mass is 16.5. The minimum absolute atomic E-state index is 0.0402. The molecule has 276 valence electrons. The van der Waals surface area contributed by atoms with Crippen LogP contribution in [0, 0.1) is 40.4 Å². The lowest BCUT2D eigenvalue weighted by molar-refractivity contribution is -0.320. The quantitative estimate of drug-likeness (QED) is 0.233. The molecule has 0 unspecified atom stereocenters. The van der Waals surface area contributed by atoms with Crippen molar-refractivity contribution in [3.05, 3.63) is 29.8 Å². The molecule has 1 spiro atoms. The number of primary amides is 1. The van der Waals surface area contributed by atoms with Crippen LogP contribution in [0.5, 0.6) is 0 Å². The fraction of sp³-hybridized carbons (Fsp3) is 0.757. The van der Waals surface area contributed by atoms with E-state index in [4.69, 9.17) is 29.4 Å². The molecule has 6 fully saturated rings. The molecule has 5 aliphatic carbocycles. The van der Waals surface area contributed by atoms with Crippen LogP contribution in [0.1, 0.15) is 56.3 Å². The maximum absolute atomic E-state index is 14.0. The van der Waals surface area contributed by atoms with Crippen LogP contribution in [-0.2, 0) is 33.3 Å². The topological polar surface area (TPSA) is 179 Å². The van der Waals surface area contributed by atoms with E-state index in [2.05, 4.69) is 17.1 Å². The number of likely N-dealkylation sites (N-methyl/N-ethyl adjacent to an activating group) is 1. The van der Waals surface area contributed by atoms with Gasteiger partial charge in [0.1, 0.15) is 11.2 Å². The van der Waals surface area contributed by atoms with Crippen molar-refractivity contribution in [1.29, 1.82) is 0 Å². The maximum Gasteiger partial charge on any atom is 0.340 e. The Labute approximate surface area is 293 Å². The Morgan fingerprint density at radius 1 is 1.08 bits per heavy atom. The van der Waals surface area contributed by atoms with Gasteiger partial charge >= 0.3 is 5.97 Å². The number of nitrogens with one attached hydrogen (secondary N) is 1. The van der Waals surface area contributed by atoms with Gasteiger partial charge in [0, 0.05) is 82.3 Å². The molecule has 5 N–H and O–H groups in total. The summed E-state index contributed by atoms with van der Waals surface area (Å²) in [7, 11) is 6.69. The predicted molar refractivity (Wildman–Crippen MR) is 180 cm³/mol. The number of methoxy groups -OCH3 is 4. The first-order valence-corrected chi connectivity index (χ1v) is 18.0. The van der Waals surface area contributed by atoms with Crippen molar-refractivity contribution in [2.45, 2.75) is 87.6 Å². The average Bonchev–Trinajstić information content (AvgIpc) is 3.52. The van der Waals surface area contributed by atoms with Gasteiger partial charge in [-0.25, -0.2) is 4.79 Å². The van der Waals surface area contributed by atoms with E-state index in [9.17, 15) is 24.6 Å². The first-order valence-electron chi connectivity index (χ1n) is 18.0. The maximum atomic E-state index is 14.0. The van der Waals surface area contributed by atoms with Crippen LogP contribution in [0.4, 0.5) is 5.69 Å². The molecular formula is C37H53N3O10. The fourth-order valence-electron chi connectivity index (χ4n) is 12.7. The molecule has 13 heteroatoms. The SMILES string of the molecule is CCN1C[C@@]2(COC(=O)c3ccccc3NC(=O)[C@H](C)CC(N)=O)CC[C@@H](OC)[C@@]34[C@H]5C[C@H]6[C@H](OC)[C@@H]5[C@](O)(C[C@H]6OC)[C@@](O)([C@@H](OC)[C@@H]23)[C@@H]14. The summed E-state index contributed by atoms with van der Waals surface area (Å²) < 4.78 is 31.3. The van der Waals surface area contributed by atoms with Crippen molar-refractivity contribution in [3.8, 4) is 0 Å². The largest absolute Gasteiger partial charge is 0.461 e. The second kappa shape index (κ2) is 12.5. The van der Waals surface area contributed by atoms with Crippen molar-refractivity contribution in [2.75, 3.05) is 53.5 Å². The van der Waals surface area contributed by atoms with Gasteiger partial charge in [-0.15, -0.1) is 0 Å². The van der Waals surface area contributed by atoms with E-state index in [1.54, 1.807) is 59.6 Å². The minimum Gasteiger partial charge on any atom is -0.461 e. The van der Waals surface area contributed by atoms with Crippen LogP contribution in [0.15, 0.2) is 24.3 Å². The van der Waals surface area contributed by atoms with Gasteiger partial charge in [0.05, 0.1) is 48.3 Å². The highest BCUT2D eigenvalue weighted by Gasteiger charge is 2.91. The molecule has 0 radical (unpaired) electrons. The van der Waals surface area contributed by atoms with Crippen LogP contribution in [0.25, 0.3) is 0 Å². The van der Waals surface area contributed by atoms with E-state index in [-0.39, 0.29) is 72.7 Å². The van der Waals surface area contributed by atoms with E-state index in [1.807, 2.05) is 0 Å². The van der Waals surface area contributed by atoms with Gasteiger partial charge in [-0.2, -0.15) is 0 Å². The fourth-order valence-corrected chi connectivity index (χ4v) is 12.7. The van der Waals surface area contributed by atoms with Crippen LogP contribution in [0.2, 0.25) is 0 Å². The van der Waals surface area contributed by atoms with Gasteiger partial charge in [0.25, 0.3) is 0 Å². The number of fused-ring (bicyclic) bond motifs is 2. The molecule has 1 aromatic rings. The Morgan fingerprint density at radius 2 is 1.82 bits per heavy atom. The Morgan fingerprint density at radius 3 is 2.46 bits per heavy atom. The van der Waals surface area contributed by atoms with E-state index in [0.29, 0.717) is 25.9 Å². The molecule has 1 aromatic carbocycles. The zero-order valence-corrected chi connectivity index (χ0v) is 29.9. The molecule has 7 rings (SSSR count). The van der Waals surface area contributed by atoms with Crippen LogP contribution in [-0.4, -0.2) is 123 Å². The van der Waals surface area contributed by atoms with Crippen molar-refractivity contribution < 1.29 is 48.3 Å². The number of hydrogen-bond donors (Lipinski definition) is 4. The molecular weight excluding hydrogens is 646 g/mol. The number of benzene rings is 1. The van der Waals surface area contributed by atoms with E-state index in [0.717, 1.165) is 6.42 Å². The standard InChI is InChI=1S/C37H53N3O10/c1-7-40-17-34(18-50-32(43)20-10-8-9-11-23(20)39-31(42)19(2)14-26(38)41)13-12-25(47-4)36-22-15-21-24(46-3)16-35(44,27(22)28(21)48-5)37(45,33(36)40)30(49-6)29(34)36/h8-11,19,21-22,24-25,27-30,33,44-45H,7,12-18H2,1-6H3,(H2,38,41)(H,39,42)/t19-,21-,22+,24-,25-,27-,28+,29+,30+,33+,34-,35-,36+,37-/m1/s1. The normalized spacial score (nSPS) is 44.4. The molecule has 5 saturated carbocycles. The molecule has 1 saturated heterocycles. The van der Waals surface area contributed by atoms with Gasteiger partial charge in [-0.1, -0.05) is 26.0 Å². The molecule has 13 nitrogen and oxygen atoms in total. The molecule has 2 amide bonds. The zero-order chi connectivity index (χ0) is 36.0. The lowest BCUT2D eigenvalue weighted by Gasteiger charge is -2.70. The number of amides is 2. The van der Waals surface area contributed by atoms with E-state index < -0.39 is 57.9 Å². The van der Waals surface area contributed by atoms with Gasteiger partial charge in [0.15, 0.2) is 0 Å². The number of nitrogens with zero attached hydrogens (tertiary/aromatic N) is 1. The summed E-state index contributed by atoms with van der Waals surface area (Å²) in [6, 6.07) is 6.16. The molecule has 14 atom stereocenters. The third-order valence-electron chi connectivity index (χ3n) is 14.2. The summed E-state index contributed by atoms with van der Waals surface area (Å²) >= 11 is 0.